The second-order valence-electron chi connectivity index (χ2n) is 11.7. The lowest BCUT2D eigenvalue weighted by atomic mass is 9.77. The van der Waals surface area contributed by atoms with E-state index >= 15 is 0 Å². The summed E-state index contributed by atoms with van der Waals surface area (Å²) < 4.78 is 0. The van der Waals surface area contributed by atoms with E-state index in [4.69, 9.17) is 10.3 Å². The van der Waals surface area contributed by atoms with Gasteiger partial charge in [-0.25, -0.2) is 0 Å². The van der Waals surface area contributed by atoms with Gasteiger partial charge >= 0.3 is 0 Å². The molecule has 0 radical (unpaired) electrons. The van der Waals surface area contributed by atoms with E-state index in [0.29, 0.717) is 17.0 Å². The van der Waals surface area contributed by atoms with Crippen LogP contribution in [0.5, 0.6) is 0 Å². The van der Waals surface area contributed by atoms with Crippen molar-refractivity contribution in [1.29, 1.82) is 0 Å². The molecular weight excluding hydrogens is 594 g/mol. The normalized spacial score (nSPS) is 12.7. The van der Waals surface area contributed by atoms with E-state index in [9.17, 15) is 9.59 Å². The Morgan fingerprint density at radius 2 is 0.917 bits per heavy atom. The van der Waals surface area contributed by atoms with Gasteiger partial charge in [-0.3, -0.25) is 14.5 Å². The van der Waals surface area contributed by atoms with Crippen molar-refractivity contribution < 1.29 is 9.59 Å². The lowest BCUT2D eigenvalue weighted by molar-refractivity contribution is 0.0642. The number of fused-ring (bicyclic) bond motifs is 1. The number of rotatable bonds is 8. The summed E-state index contributed by atoms with van der Waals surface area (Å²) in [5.41, 5.74) is 6.62. The Labute approximate surface area is 277 Å². The first-order valence-corrected chi connectivity index (χ1v) is 15.8. The van der Waals surface area contributed by atoms with Gasteiger partial charge in [0.25, 0.3) is 11.8 Å². The van der Waals surface area contributed by atoms with Gasteiger partial charge in [0.2, 0.25) is 5.82 Å². The predicted molar refractivity (Wildman–Crippen MR) is 184 cm³/mol. The van der Waals surface area contributed by atoms with Crippen LogP contribution in [-0.4, -0.2) is 36.9 Å². The Morgan fingerprint density at radius 1 is 0.479 bits per heavy atom. The number of aromatic nitrogens is 4. The molecule has 0 saturated carbocycles. The van der Waals surface area contributed by atoms with Crippen LogP contribution in [0, 0.1) is 0 Å². The number of amides is 2. The standard InChI is InChI=1S/C41H29N5O2/c47-39-36-22-12-13-23-37(36)40(48)45(39)28-29-24-26-30(27-25-29)34-20-10-11-21-35(34)38-42-44-46(43-38)41(31-14-4-1-5-15-31,32-16-6-2-7-17-32)33-18-8-3-9-19-33/h1-27H,28H2. The minimum Gasteiger partial charge on any atom is -0.270 e. The maximum Gasteiger partial charge on any atom is 0.261 e. The summed E-state index contributed by atoms with van der Waals surface area (Å²) in [4.78, 5) is 28.9. The zero-order valence-corrected chi connectivity index (χ0v) is 25.8. The van der Waals surface area contributed by atoms with Gasteiger partial charge in [0.1, 0.15) is 0 Å². The van der Waals surface area contributed by atoms with Crippen LogP contribution in [0.15, 0.2) is 164 Å². The van der Waals surface area contributed by atoms with Crippen LogP contribution in [0.2, 0.25) is 0 Å². The van der Waals surface area contributed by atoms with Crippen molar-refractivity contribution in [2.75, 3.05) is 0 Å². The molecule has 1 aromatic heterocycles. The zero-order chi connectivity index (χ0) is 32.5. The molecule has 1 aliphatic heterocycles. The summed E-state index contributed by atoms with van der Waals surface area (Å²) in [6, 6.07) is 53.6. The molecular formula is C41H29N5O2. The molecule has 2 heterocycles. The van der Waals surface area contributed by atoms with E-state index in [1.807, 2.05) is 103 Å². The number of nitrogens with zero attached hydrogens (tertiary/aromatic N) is 5. The molecule has 0 unspecified atom stereocenters. The van der Waals surface area contributed by atoms with Crippen molar-refractivity contribution >= 4 is 11.8 Å². The molecule has 0 aliphatic carbocycles. The fraction of sp³-hybridized carbons (Fsp3) is 0.0488. The SMILES string of the molecule is O=C1c2ccccc2C(=O)N1Cc1ccc(-c2ccccc2-c2nnn(C(c3ccccc3)(c3ccccc3)c3ccccc3)n2)cc1. The summed E-state index contributed by atoms with van der Waals surface area (Å²) in [6.07, 6.45) is 0. The number of hydrogen-bond donors (Lipinski definition) is 0. The van der Waals surface area contributed by atoms with Crippen molar-refractivity contribution in [1.82, 2.24) is 25.1 Å². The molecule has 48 heavy (non-hydrogen) atoms. The molecule has 7 aromatic rings. The predicted octanol–water partition coefficient (Wildman–Crippen LogP) is 7.64. The number of tetrazole rings is 1. The van der Waals surface area contributed by atoms with E-state index in [2.05, 4.69) is 41.5 Å². The van der Waals surface area contributed by atoms with E-state index in [-0.39, 0.29) is 18.4 Å². The van der Waals surface area contributed by atoms with E-state index in [1.165, 1.54) is 4.90 Å². The van der Waals surface area contributed by atoms with Crippen LogP contribution >= 0.6 is 0 Å². The first kappa shape index (κ1) is 29.0. The Hall–Kier alpha value is -6.47. The van der Waals surface area contributed by atoms with E-state index < -0.39 is 5.54 Å². The van der Waals surface area contributed by atoms with Crippen LogP contribution in [0.3, 0.4) is 0 Å². The van der Waals surface area contributed by atoms with E-state index in [0.717, 1.165) is 38.9 Å². The Morgan fingerprint density at radius 3 is 1.42 bits per heavy atom. The fourth-order valence-corrected chi connectivity index (χ4v) is 6.63. The maximum absolute atomic E-state index is 12.9. The highest BCUT2D eigenvalue weighted by molar-refractivity contribution is 6.21. The van der Waals surface area contributed by atoms with Crippen LogP contribution in [0.25, 0.3) is 22.5 Å². The maximum atomic E-state index is 12.9. The van der Waals surface area contributed by atoms with Crippen molar-refractivity contribution in [3.8, 4) is 22.5 Å². The highest BCUT2D eigenvalue weighted by Gasteiger charge is 2.41. The van der Waals surface area contributed by atoms with Crippen LogP contribution in [-0.2, 0) is 12.1 Å². The van der Waals surface area contributed by atoms with Gasteiger partial charge in [-0.05, 0) is 50.7 Å². The summed E-state index contributed by atoms with van der Waals surface area (Å²) in [5.74, 6) is -0.0404. The topological polar surface area (TPSA) is 81.0 Å². The first-order chi connectivity index (χ1) is 23.6. The molecule has 7 heteroatoms. The largest absolute Gasteiger partial charge is 0.270 e. The molecule has 7 nitrogen and oxygen atoms in total. The van der Waals surface area contributed by atoms with Gasteiger partial charge in [0.15, 0.2) is 5.54 Å². The third-order valence-electron chi connectivity index (χ3n) is 8.94. The lowest BCUT2D eigenvalue weighted by Gasteiger charge is -2.34. The van der Waals surface area contributed by atoms with Crippen LogP contribution < -0.4 is 0 Å². The summed E-state index contributed by atoms with van der Waals surface area (Å²) in [7, 11) is 0. The minimum absolute atomic E-state index is 0.199. The third-order valence-corrected chi connectivity index (χ3v) is 8.94. The summed E-state index contributed by atoms with van der Waals surface area (Å²) in [5, 5.41) is 14.5. The first-order valence-electron chi connectivity index (χ1n) is 15.8. The van der Waals surface area contributed by atoms with Crippen molar-refractivity contribution in [2.24, 2.45) is 0 Å². The molecule has 0 saturated heterocycles. The van der Waals surface area contributed by atoms with Gasteiger partial charge in [-0.2, -0.15) is 0 Å². The molecule has 1 aliphatic rings. The van der Waals surface area contributed by atoms with Crippen LogP contribution in [0.4, 0.5) is 0 Å². The lowest BCUT2D eigenvalue weighted by Crippen LogP contribution is -2.39. The number of imide groups is 1. The number of carbonyl (C=O) groups is 2. The smallest absolute Gasteiger partial charge is 0.261 e. The molecule has 0 bridgehead atoms. The van der Waals surface area contributed by atoms with Gasteiger partial charge in [0.05, 0.1) is 17.7 Å². The Bertz CT molecular complexity index is 2120. The Balaban J connectivity index is 1.17. The second-order valence-corrected chi connectivity index (χ2v) is 11.7. The average Bonchev–Trinajstić information content (AvgIpc) is 3.74. The zero-order valence-electron chi connectivity index (χ0n) is 25.8. The molecule has 0 atom stereocenters. The second kappa shape index (κ2) is 12.0. The summed E-state index contributed by atoms with van der Waals surface area (Å²) in [6.45, 7) is 0.199. The minimum atomic E-state index is -0.879. The molecule has 0 N–H and O–H groups in total. The fourth-order valence-electron chi connectivity index (χ4n) is 6.63. The number of benzene rings is 6. The highest BCUT2D eigenvalue weighted by atomic mass is 16.2. The molecule has 8 rings (SSSR count). The van der Waals surface area contributed by atoms with Crippen LogP contribution in [0.1, 0.15) is 43.0 Å². The number of carbonyl (C=O) groups excluding carboxylic acids is 2. The van der Waals surface area contributed by atoms with Crippen molar-refractivity contribution in [2.45, 2.75) is 12.1 Å². The number of hydrogen-bond acceptors (Lipinski definition) is 5. The van der Waals surface area contributed by atoms with Gasteiger partial charge < -0.3 is 0 Å². The van der Waals surface area contributed by atoms with Gasteiger partial charge in [-0.1, -0.05) is 152 Å². The third kappa shape index (κ3) is 4.80. The molecule has 230 valence electrons. The monoisotopic (exact) mass is 623 g/mol. The van der Waals surface area contributed by atoms with E-state index in [1.54, 1.807) is 29.1 Å². The summed E-state index contributed by atoms with van der Waals surface area (Å²) >= 11 is 0. The van der Waals surface area contributed by atoms with Gasteiger partial charge in [-0.15, -0.1) is 15.0 Å². The molecule has 0 fully saturated rings. The molecule has 2 amide bonds. The van der Waals surface area contributed by atoms with Crippen molar-refractivity contribution in [3.63, 3.8) is 0 Å². The highest BCUT2D eigenvalue weighted by Crippen LogP contribution is 2.40. The molecule has 6 aromatic carbocycles. The Kier molecular flexibility index (Phi) is 7.27. The van der Waals surface area contributed by atoms with Gasteiger partial charge in [0, 0.05) is 5.56 Å². The quantitative estimate of drug-likeness (QED) is 0.128. The molecule has 0 spiro atoms. The average molecular weight is 624 g/mol. The van der Waals surface area contributed by atoms with Crippen molar-refractivity contribution in [3.05, 3.63) is 197 Å².